The fraction of sp³-hybridized carbons (Fsp3) is 0.467. The molecule has 0 amide bonds. The Morgan fingerprint density at radius 3 is 2.50 bits per heavy atom. The minimum absolute atomic E-state index is 0.00977. The van der Waals surface area contributed by atoms with Crippen molar-refractivity contribution in [1.82, 2.24) is 5.23 Å². The lowest BCUT2D eigenvalue weighted by Crippen LogP contribution is -2.45. The molecule has 0 saturated heterocycles. The van der Waals surface area contributed by atoms with Crippen LogP contribution in [-0.2, 0) is 20.8 Å². The van der Waals surface area contributed by atoms with Crippen LogP contribution in [0.25, 0.3) is 0 Å². The summed E-state index contributed by atoms with van der Waals surface area (Å²) in [6.45, 7) is 1.96. The molecule has 1 aromatic rings. The van der Waals surface area contributed by atoms with Crippen LogP contribution in [0.5, 0.6) is 0 Å². The van der Waals surface area contributed by atoms with Gasteiger partial charge < -0.3 is 15.7 Å². The van der Waals surface area contributed by atoms with E-state index in [1.54, 1.807) is 30.3 Å². The van der Waals surface area contributed by atoms with Crippen molar-refractivity contribution in [2.24, 2.45) is 5.73 Å². The lowest BCUT2D eigenvalue weighted by Gasteiger charge is -2.22. The van der Waals surface area contributed by atoms with Crippen molar-refractivity contribution in [2.75, 3.05) is 0 Å². The van der Waals surface area contributed by atoms with Gasteiger partial charge in [0.05, 0.1) is 0 Å². The number of benzene rings is 1. The zero-order valence-corrected chi connectivity index (χ0v) is 12.5. The lowest BCUT2D eigenvalue weighted by atomic mass is 10.1. The van der Waals surface area contributed by atoms with Gasteiger partial charge >= 0.3 is 11.9 Å². The first-order valence-electron chi connectivity index (χ1n) is 7.18. The minimum Gasteiger partial charge on any atom is -0.480 e. The van der Waals surface area contributed by atoms with E-state index in [9.17, 15) is 19.9 Å². The van der Waals surface area contributed by atoms with Gasteiger partial charge in [-0.05, 0) is 17.2 Å². The summed E-state index contributed by atoms with van der Waals surface area (Å²) in [5.41, 5.74) is 6.32. The van der Waals surface area contributed by atoms with Crippen molar-refractivity contribution in [2.45, 2.75) is 44.7 Å². The molecule has 7 nitrogen and oxygen atoms in total. The fourth-order valence-electron chi connectivity index (χ4n) is 1.86. The third-order valence-electron chi connectivity index (χ3n) is 3.18. The van der Waals surface area contributed by atoms with Crippen LogP contribution < -0.4 is 5.73 Å². The number of unbranched alkanes of at least 4 members (excludes halogenated alkanes) is 1. The number of carbonyl (C=O) groups excluding carboxylic acids is 1. The van der Waals surface area contributed by atoms with E-state index < -0.39 is 24.0 Å². The molecule has 122 valence electrons. The van der Waals surface area contributed by atoms with Gasteiger partial charge in [0.1, 0.15) is 6.04 Å². The highest BCUT2D eigenvalue weighted by atomic mass is 16.9. The molecule has 4 N–H and O–H groups in total. The molecule has 0 bridgehead atoms. The van der Waals surface area contributed by atoms with E-state index >= 15 is 0 Å². The summed E-state index contributed by atoms with van der Waals surface area (Å²) >= 11 is 0. The first kappa shape index (κ1) is 18.1. The summed E-state index contributed by atoms with van der Waals surface area (Å²) in [5.74, 6) is -2.16. The second-order valence-corrected chi connectivity index (χ2v) is 5.01. The third kappa shape index (κ3) is 5.80. The number of hydroxylamine groups is 2. The molecule has 2 atom stereocenters. The zero-order valence-electron chi connectivity index (χ0n) is 12.5. The Kier molecular flexibility index (Phi) is 7.51. The molecular weight excluding hydrogens is 288 g/mol. The Balaban J connectivity index is 2.63. The van der Waals surface area contributed by atoms with Crippen LogP contribution in [0.15, 0.2) is 30.3 Å². The van der Waals surface area contributed by atoms with Crippen LogP contribution in [0.4, 0.5) is 0 Å². The molecule has 0 aromatic heterocycles. The predicted octanol–water partition coefficient (Wildman–Crippen LogP) is 1.35. The summed E-state index contributed by atoms with van der Waals surface area (Å²) in [4.78, 5) is 27.6. The normalized spacial score (nSPS) is 13.6. The molecule has 1 aromatic carbocycles. The number of nitrogens with two attached hydrogens (primary N) is 1. The number of rotatable bonds is 9. The third-order valence-corrected chi connectivity index (χ3v) is 3.18. The maximum atomic E-state index is 11.7. The summed E-state index contributed by atoms with van der Waals surface area (Å²) in [6.07, 6.45) is 2.02. The Morgan fingerprint density at radius 1 is 1.32 bits per heavy atom. The fourth-order valence-corrected chi connectivity index (χ4v) is 1.86. The Hall–Kier alpha value is -1.96. The van der Waals surface area contributed by atoms with Gasteiger partial charge in [-0.1, -0.05) is 50.1 Å². The van der Waals surface area contributed by atoms with Gasteiger partial charge in [-0.15, -0.1) is 0 Å². The second kappa shape index (κ2) is 9.14. The van der Waals surface area contributed by atoms with Crippen LogP contribution >= 0.6 is 0 Å². The summed E-state index contributed by atoms with van der Waals surface area (Å²) < 4.78 is 0. The zero-order chi connectivity index (χ0) is 16.5. The number of carbonyl (C=O) groups is 2. The molecule has 7 heteroatoms. The average molecular weight is 310 g/mol. The van der Waals surface area contributed by atoms with Gasteiger partial charge in [0.15, 0.2) is 6.04 Å². The van der Waals surface area contributed by atoms with Crippen molar-refractivity contribution in [3.8, 4) is 0 Å². The summed E-state index contributed by atoms with van der Waals surface area (Å²) in [7, 11) is 0. The minimum atomic E-state index is -1.40. The number of carboxylic acid groups (broad SMARTS) is 1. The van der Waals surface area contributed by atoms with Crippen LogP contribution in [0.1, 0.15) is 31.7 Å². The van der Waals surface area contributed by atoms with Crippen molar-refractivity contribution in [3.63, 3.8) is 0 Å². The number of aliphatic carboxylic acids is 1. The van der Waals surface area contributed by atoms with E-state index in [1.807, 2.05) is 6.92 Å². The van der Waals surface area contributed by atoms with E-state index in [2.05, 4.69) is 4.84 Å². The van der Waals surface area contributed by atoms with Gasteiger partial charge in [-0.3, -0.25) is 10.0 Å². The molecule has 1 rings (SSSR count). The lowest BCUT2D eigenvalue weighted by molar-refractivity contribution is -0.335. The molecular formula is C15H22N2O5. The first-order valence-corrected chi connectivity index (χ1v) is 7.18. The van der Waals surface area contributed by atoms with Crippen LogP contribution in [0.3, 0.4) is 0 Å². The van der Waals surface area contributed by atoms with Crippen molar-refractivity contribution in [3.05, 3.63) is 35.9 Å². The monoisotopic (exact) mass is 310 g/mol. The maximum Gasteiger partial charge on any atom is 0.344 e. The molecule has 0 fully saturated rings. The van der Waals surface area contributed by atoms with E-state index in [4.69, 9.17) is 5.73 Å². The van der Waals surface area contributed by atoms with Gasteiger partial charge in [0.25, 0.3) is 0 Å². The maximum absolute atomic E-state index is 11.7. The number of hydrogen-bond donors (Lipinski definition) is 3. The average Bonchev–Trinajstić information content (AvgIpc) is 2.50. The van der Waals surface area contributed by atoms with E-state index in [1.165, 1.54) is 0 Å². The number of hydrogen-bond acceptors (Lipinski definition) is 6. The SMILES string of the molecule is CCCC[C@H](N)C(=O)ON(O)[C@@H](Cc1ccccc1)C(=O)O. The molecule has 0 aliphatic heterocycles. The molecule has 22 heavy (non-hydrogen) atoms. The molecule has 0 heterocycles. The largest absolute Gasteiger partial charge is 0.480 e. The summed E-state index contributed by atoms with van der Waals surface area (Å²) in [5, 5.41) is 19.0. The van der Waals surface area contributed by atoms with Crippen LogP contribution in [0, 0.1) is 0 Å². The van der Waals surface area contributed by atoms with Crippen molar-refractivity contribution >= 4 is 11.9 Å². The number of carboxylic acids is 1. The van der Waals surface area contributed by atoms with Crippen molar-refractivity contribution in [1.29, 1.82) is 0 Å². The van der Waals surface area contributed by atoms with Gasteiger partial charge in [-0.25, -0.2) is 4.79 Å². The smallest absolute Gasteiger partial charge is 0.344 e. The van der Waals surface area contributed by atoms with E-state index in [0.29, 0.717) is 12.0 Å². The summed E-state index contributed by atoms with van der Waals surface area (Å²) in [6, 6.07) is 6.45. The van der Waals surface area contributed by atoms with E-state index in [0.717, 1.165) is 12.8 Å². The predicted molar refractivity (Wildman–Crippen MR) is 78.8 cm³/mol. The van der Waals surface area contributed by atoms with E-state index in [-0.39, 0.29) is 11.6 Å². The second-order valence-electron chi connectivity index (χ2n) is 5.01. The highest BCUT2D eigenvalue weighted by Gasteiger charge is 2.30. The standard InChI is InChI=1S/C15H22N2O5/c1-2-3-9-12(16)15(20)22-17(21)13(14(18)19)10-11-7-5-4-6-8-11/h4-8,12-13,21H,2-3,9-10,16H2,1H3,(H,18,19)/t12-,13-/m0/s1. The Morgan fingerprint density at radius 2 is 1.95 bits per heavy atom. The van der Waals surface area contributed by atoms with Crippen molar-refractivity contribution < 1.29 is 24.7 Å². The van der Waals surface area contributed by atoms with Gasteiger partial charge in [0.2, 0.25) is 0 Å². The van der Waals surface area contributed by atoms with Gasteiger partial charge in [-0.2, -0.15) is 0 Å². The van der Waals surface area contributed by atoms with Crippen LogP contribution in [0.2, 0.25) is 0 Å². The quantitative estimate of drug-likeness (QED) is 0.590. The Bertz CT molecular complexity index is 480. The molecule has 0 saturated carbocycles. The molecule has 0 aliphatic rings. The van der Waals surface area contributed by atoms with Crippen LogP contribution in [-0.4, -0.2) is 39.6 Å². The molecule has 0 radical (unpaired) electrons. The highest BCUT2D eigenvalue weighted by Crippen LogP contribution is 2.10. The first-order chi connectivity index (χ1) is 10.5. The highest BCUT2D eigenvalue weighted by molar-refractivity contribution is 5.76. The molecule has 0 unspecified atom stereocenters. The Labute approximate surface area is 129 Å². The molecule has 0 aliphatic carbocycles. The topological polar surface area (TPSA) is 113 Å². The molecule has 0 spiro atoms. The number of nitrogens with zero attached hydrogens (tertiary/aromatic N) is 1. The van der Waals surface area contributed by atoms with Gasteiger partial charge in [0, 0.05) is 6.42 Å².